The minimum absolute atomic E-state index is 0.0532. The molecule has 0 saturated heterocycles. The van der Waals surface area contributed by atoms with Crippen molar-refractivity contribution in [1.29, 1.82) is 0 Å². The van der Waals surface area contributed by atoms with Crippen molar-refractivity contribution in [2.45, 2.75) is 18.9 Å². The fourth-order valence-corrected chi connectivity index (χ4v) is 2.42. The number of nitrogens with one attached hydrogen (secondary N) is 2. The molecule has 0 aliphatic heterocycles. The van der Waals surface area contributed by atoms with Gasteiger partial charge in [0.05, 0.1) is 6.04 Å². The Morgan fingerprint density at radius 1 is 1.08 bits per heavy atom. The number of hydrogen-bond acceptors (Lipinski definition) is 2. The van der Waals surface area contributed by atoms with Crippen molar-refractivity contribution in [2.24, 2.45) is 0 Å². The molecule has 0 aliphatic rings. The quantitative estimate of drug-likeness (QED) is 0.729. The van der Waals surface area contributed by atoms with Crippen molar-refractivity contribution >= 4 is 6.03 Å². The monoisotopic (exact) mass is 334 g/mol. The Balaban J connectivity index is 1.85. The lowest BCUT2D eigenvalue weighted by molar-refractivity contribution is 0.229. The van der Waals surface area contributed by atoms with Gasteiger partial charge in [-0.3, -0.25) is 0 Å². The smallest absolute Gasteiger partial charge is 0.315 e. The fraction of sp³-hybridized carbons (Fsp3) is 0.278. The average Bonchev–Trinajstić information content (AvgIpc) is 2.54. The average molecular weight is 334 g/mol. The Hall–Kier alpha value is -2.47. The first kappa shape index (κ1) is 17.9. The summed E-state index contributed by atoms with van der Waals surface area (Å²) in [6.07, 6.45) is 0.713. The van der Waals surface area contributed by atoms with Gasteiger partial charge < -0.3 is 15.7 Å². The number of amides is 2. The number of benzene rings is 2. The van der Waals surface area contributed by atoms with Crippen LogP contribution in [0.5, 0.6) is 0 Å². The molecule has 1 atom stereocenters. The van der Waals surface area contributed by atoms with Gasteiger partial charge in [-0.05, 0) is 36.1 Å². The molecule has 0 bridgehead atoms. The highest BCUT2D eigenvalue weighted by Crippen LogP contribution is 2.15. The number of halogens is 2. The van der Waals surface area contributed by atoms with Gasteiger partial charge >= 0.3 is 6.03 Å². The van der Waals surface area contributed by atoms with Crippen LogP contribution in [0.4, 0.5) is 13.6 Å². The summed E-state index contributed by atoms with van der Waals surface area (Å²) < 4.78 is 26.2. The first-order chi connectivity index (χ1) is 11.6. The van der Waals surface area contributed by atoms with Crippen LogP contribution in [0.25, 0.3) is 0 Å². The summed E-state index contributed by atoms with van der Waals surface area (Å²) in [5, 5.41) is 14.6. The number of urea groups is 1. The largest absolute Gasteiger partial charge is 0.396 e. The third-order valence-electron chi connectivity index (χ3n) is 3.55. The zero-order valence-corrected chi connectivity index (χ0v) is 13.1. The summed E-state index contributed by atoms with van der Waals surface area (Å²) >= 11 is 0. The van der Waals surface area contributed by atoms with E-state index >= 15 is 0 Å². The summed E-state index contributed by atoms with van der Waals surface area (Å²) in [5.41, 5.74) is 1.37. The minimum atomic E-state index is -0.637. The maximum Gasteiger partial charge on any atom is 0.315 e. The van der Waals surface area contributed by atoms with Gasteiger partial charge in [0, 0.05) is 19.2 Å². The Labute approximate surface area is 139 Å². The predicted molar refractivity (Wildman–Crippen MR) is 87.5 cm³/mol. The highest BCUT2D eigenvalue weighted by Gasteiger charge is 2.13. The van der Waals surface area contributed by atoms with Crippen LogP contribution in [0, 0.1) is 11.6 Å². The Bertz CT molecular complexity index is 645. The van der Waals surface area contributed by atoms with Crippen molar-refractivity contribution in [3.05, 3.63) is 71.3 Å². The summed E-state index contributed by atoms with van der Waals surface area (Å²) in [7, 11) is 0. The van der Waals surface area contributed by atoms with Crippen LogP contribution < -0.4 is 10.6 Å². The summed E-state index contributed by atoms with van der Waals surface area (Å²) in [5.74, 6) is -1.27. The highest BCUT2D eigenvalue weighted by atomic mass is 19.1. The molecule has 0 heterocycles. The normalized spacial score (nSPS) is 11.8. The molecule has 0 saturated carbocycles. The van der Waals surface area contributed by atoms with Crippen LogP contribution in [-0.2, 0) is 6.42 Å². The molecule has 0 aromatic heterocycles. The third-order valence-corrected chi connectivity index (χ3v) is 3.55. The zero-order chi connectivity index (χ0) is 17.4. The number of carbonyl (C=O) groups excluding carboxylic acids is 1. The predicted octanol–water partition coefficient (Wildman–Crippen LogP) is 2.93. The number of carbonyl (C=O) groups is 1. The van der Waals surface area contributed by atoms with E-state index in [2.05, 4.69) is 10.6 Å². The molecule has 0 unspecified atom stereocenters. The molecule has 3 N–H and O–H groups in total. The molecule has 2 aromatic rings. The van der Waals surface area contributed by atoms with E-state index in [9.17, 15) is 13.6 Å². The van der Waals surface area contributed by atoms with Crippen LogP contribution in [0.1, 0.15) is 23.6 Å². The van der Waals surface area contributed by atoms with E-state index in [4.69, 9.17) is 5.11 Å². The van der Waals surface area contributed by atoms with Crippen molar-refractivity contribution in [1.82, 2.24) is 10.6 Å². The van der Waals surface area contributed by atoms with Gasteiger partial charge in [0.15, 0.2) is 0 Å². The van der Waals surface area contributed by atoms with Gasteiger partial charge in [-0.15, -0.1) is 0 Å². The summed E-state index contributed by atoms with van der Waals surface area (Å²) in [4.78, 5) is 12.0. The molecule has 6 heteroatoms. The lowest BCUT2D eigenvalue weighted by Gasteiger charge is -2.18. The van der Waals surface area contributed by atoms with E-state index in [1.165, 1.54) is 12.1 Å². The number of aliphatic hydroxyl groups is 1. The van der Waals surface area contributed by atoms with Crippen LogP contribution in [0.15, 0.2) is 48.5 Å². The molecule has 0 fully saturated rings. The molecule has 2 aromatic carbocycles. The van der Waals surface area contributed by atoms with Crippen LogP contribution in [0.2, 0.25) is 0 Å². The van der Waals surface area contributed by atoms with Crippen LogP contribution in [0.3, 0.4) is 0 Å². The maximum atomic E-state index is 13.1. The Kier molecular flexibility index (Phi) is 6.69. The zero-order valence-electron chi connectivity index (χ0n) is 13.1. The van der Waals surface area contributed by atoms with Gasteiger partial charge in [-0.25, -0.2) is 13.6 Å². The molecule has 0 spiro atoms. The third kappa shape index (κ3) is 5.62. The molecule has 0 radical (unpaired) electrons. The van der Waals surface area contributed by atoms with Gasteiger partial charge in [-0.1, -0.05) is 30.3 Å². The standard InChI is InChI=1S/C18H20F2N2O2/c19-15-10-13(11-16(20)12-15)6-8-21-18(24)22-17(7-9-23)14-4-2-1-3-5-14/h1-5,10-12,17,23H,6-9H2,(H2,21,22,24)/t17-/m1/s1. The maximum absolute atomic E-state index is 13.1. The second-order valence-electron chi connectivity index (χ2n) is 5.40. The molecule has 2 amide bonds. The van der Waals surface area contributed by atoms with Gasteiger partial charge in [0.1, 0.15) is 11.6 Å². The Morgan fingerprint density at radius 3 is 2.38 bits per heavy atom. The number of hydrogen-bond donors (Lipinski definition) is 3. The lowest BCUT2D eigenvalue weighted by Crippen LogP contribution is -2.39. The van der Waals surface area contributed by atoms with E-state index in [0.29, 0.717) is 18.4 Å². The summed E-state index contributed by atoms with van der Waals surface area (Å²) in [6, 6.07) is 11.9. The SMILES string of the molecule is O=C(NCCc1cc(F)cc(F)c1)N[C@H](CCO)c1ccccc1. The van der Waals surface area contributed by atoms with Crippen molar-refractivity contribution in [3.8, 4) is 0 Å². The topological polar surface area (TPSA) is 61.4 Å². The second-order valence-corrected chi connectivity index (χ2v) is 5.40. The van der Waals surface area contributed by atoms with Crippen LogP contribution in [-0.4, -0.2) is 24.3 Å². The Morgan fingerprint density at radius 2 is 1.75 bits per heavy atom. The van der Waals surface area contributed by atoms with E-state index in [-0.39, 0.29) is 19.2 Å². The first-order valence-corrected chi connectivity index (χ1v) is 7.73. The van der Waals surface area contributed by atoms with E-state index in [0.717, 1.165) is 11.6 Å². The second kappa shape index (κ2) is 8.98. The van der Waals surface area contributed by atoms with Gasteiger partial charge in [0.2, 0.25) is 0 Å². The van der Waals surface area contributed by atoms with E-state index < -0.39 is 17.7 Å². The number of rotatable bonds is 7. The molecule has 0 aliphatic carbocycles. The molecule has 128 valence electrons. The van der Waals surface area contributed by atoms with Crippen LogP contribution >= 0.6 is 0 Å². The number of aliphatic hydroxyl groups excluding tert-OH is 1. The van der Waals surface area contributed by atoms with E-state index in [1.54, 1.807) is 0 Å². The fourth-order valence-electron chi connectivity index (χ4n) is 2.42. The van der Waals surface area contributed by atoms with Crippen molar-refractivity contribution < 1.29 is 18.7 Å². The van der Waals surface area contributed by atoms with Crippen molar-refractivity contribution in [2.75, 3.05) is 13.2 Å². The minimum Gasteiger partial charge on any atom is -0.396 e. The lowest BCUT2D eigenvalue weighted by atomic mass is 10.0. The van der Waals surface area contributed by atoms with E-state index in [1.807, 2.05) is 30.3 Å². The molecule has 2 rings (SSSR count). The molecule has 24 heavy (non-hydrogen) atoms. The first-order valence-electron chi connectivity index (χ1n) is 7.73. The van der Waals surface area contributed by atoms with Gasteiger partial charge in [0.25, 0.3) is 0 Å². The van der Waals surface area contributed by atoms with Gasteiger partial charge in [-0.2, -0.15) is 0 Å². The molecule has 4 nitrogen and oxygen atoms in total. The molecular formula is C18H20F2N2O2. The van der Waals surface area contributed by atoms with Crippen molar-refractivity contribution in [3.63, 3.8) is 0 Å². The highest BCUT2D eigenvalue weighted by molar-refractivity contribution is 5.74. The summed E-state index contributed by atoms with van der Waals surface area (Å²) in [6.45, 7) is 0.192. The molecular weight excluding hydrogens is 314 g/mol.